The van der Waals surface area contributed by atoms with Crippen LogP contribution in [0.15, 0.2) is 0 Å². The molecule has 792 valence electrons. The van der Waals surface area contributed by atoms with Crippen LogP contribution in [-0.2, 0) is 123 Å². The third kappa shape index (κ3) is 25.2. The van der Waals surface area contributed by atoms with Crippen molar-refractivity contribution in [3.05, 3.63) is 0 Å². The molecule has 55 atom stereocenters. The lowest BCUT2D eigenvalue weighted by atomic mass is 9.93. The number of nitrogens with one attached hydrogen (secondary N) is 5. The summed E-state index contributed by atoms with van der Waals surface area (Å²) < 4.78 is 128. The van der Waals surface area contributed by atoms with Crippen molar-refractivity contribution in [2.75, 3.05) is 72.7 Å². The molecule has 5 amide bonds. The van der Waals surface area contributed by atoms with Gasteiger partial charge in [0.1, 0.15) is 268 Å². The van der Waals surface area contributed by atoms with Gasteiger partial charge in [-0.25, -0.2) is 0 Å². The van der Waals surface area contributed by atoms with Crippen LogP contribution in [0, 0.1) is 0 Å². The Morgan fingerprint density at radius 3 is 0.803 bits per heavy atom. The summed E-state index contributed by atoms with van der Waals surface area (Å²) in [5.41, 5.74) is 0. The van der Waals surface area contributed by atoms with Crippen molar-refractivity contribution in [1.82, 2.24) is 26.6 Å². The maximum absolute atomic E-state index is 13.6. The van der Waals surface area contributed by atoms with Gasteiger partial charge >= 0.3 is 0 Å². The van der Waals surface area contributed by atoms with Crippen LogP contribution in [0.1, 0.15) is 34.6 Å². The molecule has 61 heteroatoms. The fraction of sp³-hybridized carbons (Fsp3) is 0.934. The molecule has 0 bridgehead atoms. The van der Waals surface area contributed by atoms with Gasteiger partial charge in [0.05, 0.1) is 72.7 Å². The summed E-state index contributed by atoms with van der Waals surface area (Å²) in [7, 11) is 0. The first kappa shape index (κ1) is 113. The van der Waals surface area contributed by atoms with E-state index in [1.165, 1.54) is 0 Å². The lowest BCUT2D eigenvalue weighted by Gasteiger charge is -2.53. The molecule has 137 heavy (non-hydrogen) atoms. The van der Waals surface area contributed by atoms with Gasteiger partial charge in [-0.2, -0.15) is 0 Å². The second kappa shape index (κ2) is 49.5. The first-order valence-corrected chi connectivity index (χ1v) is 43.6. The average molecular weight is 2010 g/mol. The molecule has 0 unspecified atom stereocenters. The van der Waals surface area contributed by atoms with Crippen LogP contribution < -0.4 is 26.6 Å². The highest BCUT2D eigenvalue weighted by atomic mass is 16.8. The summed E-state index contributed by atoms with van der Waals surface area (Å²) in [5.74, 6) is -4.99. The summed E-state index contributed by atoms with van der Waals surface area (Å²) in [4.78, 5) is 65.5. The van der Waals surface area contributed by atoms with E-state index in [-0.39, 0.29) is 0 Å². The predicted molar refractivity (Wildman–Crippen MR) is 420 cm³/mol. The van der Waals surface area contributed by atoms with Crippen LogP contribution in [0.5, 0.6) is 0 Å². The average Bonchev–Trinajstić information content (AvgIpc) is 0.747. The Kier molecular flexibility index (Phi) is 40.7. The van der Waals surface area contributed by atoms with Crippen molar-refractivity contribution >= 4 is 29.5 Å². The van der Waals surface area contributed by atoms with E-state index in [4.69, 9.17) is 99.5 Å². The molecule has 0 saturated carbocycles. The van der Waals surface area contributed by atoms with E-state index in [9.17, 15) is 177 Å². The molecule has 0 spiro atoms. The fourth-order valence-corrected chi connectivity index (χ4v) is 17.7. The highest BCUT2D eigenvalue weighted by Crippen LogP contribution is 2.43. The van der Waals surface area contributed by atoms with E-state index in [1.807, 2.05) is 0 Å². The van der Waals surface area contributed by atoms with E-state index >= 15 is 0 Å². The smallest absolute Gasteiger partial charge is 0.217 e. The molecule has 61 nitrogen and oxygen atoms in total. The maximum atomic E-state index is 13.6. The molecule has 0 aromatic rings. The van der Waals surface area contributed by atoms with Gasteiger partial charge in [-0.15, -0.1) is 0 Å². The Labute approximate surface area is 775 Å². The molecule has 0 radical (unpaired) electrons. The van der Waals surface area contributed by atoms with Gasteiger partial charge in [-0.05, 0) is 0 Å². The van der Waals surface area contributed by atoms with Crippen LogP contribution in [-0.4, -0.2) is 593 Å². The lowest BCUT2D eigenvalue weighted by molar-refractivity contribution is -0.413. The Hall–Kier alpha value is -4.69. The summed E-state index contributed by atoms with van der Waals surface area (Å²) in [6.45, 7) is -8.72. The van der Waals surface area contributed by atoms with Crippen molar-refractivity contribution < 1.29 is 277 Å². The number of amides is 5. The minimum atomic E-state index is -2.88. The highest BCUT2D eigenvalue weighted by Gasteiger charge is 2.64. The number of rotatable bonds is 36. The third-order valence-electron chi connectivity index (χ3n) is 25.0. The molecule has 0 aromatic heterocycles. The molecule has 11 aliphatic heterocycles. The van der Waals surface area contributed by atoms with Crippen LogP contribution in [0.3, 0.4) is 0 Å². The summed E-state index contributed by atoms with van der Waals surface area (Å²) in [6.07, 6.45) is -112. The molecule has 0 aliphatic carbocycles. The number of aliphatic hydroxyl groups is 30. The zero-order chi connectivity index (χ0) is 101. The van der Waals surface area contributed by atoms with Crippen molar-refractivity contribution in [3.63, 3.8) is 0 Å². The number of ether oxygens (including phenoxy) is 21. The topological polar surface area (TPSA) is 946 Å². The van der Waals surface area contributed by atoms with E-state index in [2.05, 4.69) is 26.6 Å². The summed E-state index contributed by atoms with van der Waals surface area (Å²) in [5, 5.41) is 351. The molecule has 35 N–H and O–H groups in total. The van der Waals surface area contributed by atoms with Gasteiger partial charge in [0.15, 0.2) is 69.2 Å². The largest absolute Gasteiger partial charge is 0.394 e. The molecular formula is C76H127N5O56. The lowest BCUT2D eigenvalue weighted by Crippen LogP contribution is -2.72. The van der Waals surface area contributed by atoms with Gasteiger partial charge in [-0.1, -0.05) is 0 Å². The second-order valence-corrected chi connectivity index (χ2v) is 34.6. The third-order valence-corrected chi connectivity index (χ3v) is 25.0. The molecule has 0 aromatic carbocycles. The fourth-order valence-electron chi connectivity index (χ4n) is 17.7. The number of hydrogen-bond donors (Lipinski definition) is 35. The van der Waals surface area contributed by atoms with E-state index in [1.54, 1.807) is 0 Å². The maximum Gasteiger partial charge on any atom is 0.217 e. The van der Waals surface area contributed by atoms with Gasteiger partial charge < -0.3 is 279 Å². The first-order chi connectivity index (χ1) is 64.8. The first-order valence-electron chi connectivity index (χ1n) is 43.6. The van der Waals surface area contributed by atoms with Crippen molar-refractivity contribution in [2.45, 2.75) is 372 Å². The van der Waals surface area contributed by atoms with Crippen molar-refractivity contribution in [2.24, 2.45) is 0 Å². The van der Waals surface area contributed by atoms with Gasteiger partial charge in [0.2, 0.25) is 29.5 Å². The zero-order valence-electron chi connectivity index (χ0n) is 73.6. The van der Waals surface area contributed by atoms with Crippen LogP contribution in [0.2, 0.25) is 0 Å². The van der Waals surface area contributed by atoms with Gasteiger partial charge in [-0.3, -0.25) is 24.0 Å². The Morgan fingerprint density at radius 2 is 0.423 bits per heavy atom. The SMILES string of the molecule is CC(=O)N[C@@H]1[C@@H](O)[C@H](O[C@@H]2O[C@H](CO)[C@@H](O[C@@H]3O[C@H](CO[C@H]4O[C@H](CO[C@H]5O[C@H](CO)[C@@H](O)[C@H](O)[C@@H]5O)[C@@H](O)[C@H](O[C@H]5O[C@H](CO)[C@@H](O)[C@H](O)[C@@H]5O)[C@@H]4O)[C@@H](O[C@@H]4O[C@H](CO)[C@@H](O)[C@H](O)[C@H]4NC(C)=O)[C@H](O[C@H]4O[C@H](CO)[C@@H](O[C@@H]5O[C@H](CO)[C@@H](O[C@@H]6O[C@H](CO)[C@H](O)[C@H](O)[C@H]6O)[C@H](O)[C@H]5NC(C)=O)[C@H](O)[C@@H]4O[C@@H]4O[C@H](CO)[C@@H](O)[C@H](O)[C@H]4NC(C)=O)[C@@H]3O)[C@H](O)[C@H]2NC(C)=O)[C@@H](CO)O[C@H]1O. The summed E-state index contributed by atoms with van der Waals surface area (Å²) in [6, 6.07) is -10.1. The molecule has 11 aliphatic rings. The Morgan fingerprint density at radius 1 is 0.190 bits per heavy atom. The van der Waals surface area contributed by atoms with E-state index < -0.39 is 440 Å². The number of aliphatic hydroxyl groups excluding tert-OH is 30. The predicted octanol–water partition coefficient (Wildman–Crippen LogP) is -24.3. The van der Waals surface area contributed by atoms with Crippen LogP contribution in [0.4, 0.5) is 0 Å². The molecule has 11 rings (SSSR count). The van der Waals surface area contributed by atoms with Gasteiger partial charge in [0, 0.05) is 34.6 Å². The van der Waals surface area contributed by atoms with Crippen molar-refractivity contribution in [3.8, 4) is 0 Å². The minimum Gasteiger partial charge on any atom is -0.394 e. The minimum absolute atomic E-state index is 0.847. The van der Waals surface area contributed by atoms with Crippen molar-refractivity contribution in [1.29, 1.82) is 0 Å². The van der Waals surface area contributed by atoms with Crippen LogP contribution in [0.25, 0.3) is 0 Å². The highest BCUT2D eigenvalue weighted by molar-refractivity contribution is 5.75. The van der Waals surface area contributed by atoms with Crippen LogP contribution >= 0.6 is 0 Å². The number of carbonyl (C=O) groups is 5. The Balaban J connectivity index is 1.06. The summed E-state index contributed by atoms with van der Waals surface area (Å²) >= 11 is 0. The van der Waals surface area contributed by atoms with Gasteiger partial charge in [0.25, 0.3) is 0 Å². The number of carbonyl (C=O) groups excluding carboxylic acids is 5. The zero-order valence-corrected chi connectivity index (χ0v) is 73.6. The monoisotopic (exact) mass is 2010 g/mol. The van der Waals surface area contributed by atoms with E-state index in [0.29, 0.717) is 0 Å². The molecule has 11 fully saturated rings. The normalized spacial score (nSPS) is 48.9. The molecule has 11 saturated heterocycles. The van der Waals surface area contributed by atoms with E-state index in [0.717, 1.165) is 34.6 Å². The molecular weight excluding hydrogens is 1880 g/mol. The quantitative estimate of drug-likeness (QED) is 0.0277. The molecule has 11 heterocycles. The number of hydrogen-bond acceptors (Lipinski definition) is 56. The standard InChI is InChI=1S/C76H127N5O56/c1-17(91)77-33-46(104)58(27(11-87)119-66(33)116)130-69-36(80-20(4)94)48(106)60(29(13-89)125-69)133-75-57(115)64(136-76-65(137-68-35(79-19(3)93)45(103)39(97)23(7-83)121-68)55(113)61(30(14-90)127-76)131-70-37(81-21(5)95)47(105)59(28(12-88)126-70)132-73-53(111)50(108)41(99)25(9-85)123-73)62(134-67-34(78-18(2)92)44(102)38(96)22(6-82)120-67)32(129-75)16-118-72-56(114)63(135-74-54(112)51(109)42(100)26(10-86)124-74)43(101)31(128-72)15-117-71-52(110)49(107)40(98)24(8-84)122-71/h22-76,82-90,96-116H,6-16H2,1-5H3,(H,77,91)(H,78,92)(H,79,93)(H,80,94)(H,81,95)/t22-,23-,24-,25-,26-,27-,28-,29-,30-,31-,32-,33-,34-,35-,36-,37-,38-,39-,40-,41+,42-,43-,44-,45-,46-,47-,48-,49+,50+,51+,52+,53-,54+,55+,56+,57+,58-,59-,60-,61-,62-,63+,64-,65+,66-,67+,68+,69+,70+,71+,72+,73+,74-,75+,76-/m1/s1. The second-order valence-electron chi connectivity index (χ2n) is 34.6. The Bertz CT molecular complexity index is 3780.